The lowest BCUT2D eigenvalue weighted by Gasteiger charge is -2.12. The van der Waals surface area contributed by atoms with Gasteiger partial charge in [-0.05, 0) is 12.1 Å². The molecule has 0 aliphatic rings. The van der Waals surface area contributed by atoms with Crippen LogP contribution in [0.5, 0.6) is 11.5 Å². The average Bonchev–Trinajstić information content (AvgIpc) is 2.48. The normalized spacial score (nSPS) is 10.2. The molecule has 0 bridgehead atoms. The van der Waals surface area contributed by atoms with Gasteiger partial charge in [-0.2, -0.15) is 0 Å². The first kappa shape index (κ1) is 16.2. The Hall–Kier alpha value is -1.83. The molecule has 1 rings (SSSR count). The van der Waals surface area contributed by atoms with Crippen LogP contribution in [0.15, 0.2) is 18.2 Å². The third kappa shape index (κ3) is 5.04. The van der Waals surface area contributed by atoms with E-state index in [-0.39, 0.29) is 25.9 Å². The number of carbonyl (C=O) groups excluding carboxylic acids is 1. The van der Waals surface area contributed by atoms with Crippen molar-refractivity contribution >= 4 is 5.97 Å². The van der Waals surface area contributed by atoms with Gasteiger partial charge in [0, 0.05) is 27.4 Å². The van der Waals surface area contributed by atoms with Crippen molar-refractivity contribution in [3.8, 4) is 11.5 Å². The molecule has 7 nitrogen and oxygen atoms in total. The van der Waals surface area contributed by atoms with E-state index in [1.165, 1.54) is 27.4 Å². The number of rotatable bonds is 9. The molecule has 0 heterocycles. The van der Waals surface area contributed by atoms with Crippen LogP contribution in [0.2, 0.25) is 0 Å². The molecular weight excluding hydrogens is 268 g/mol. The fourth-order valence-corrected chi connectivity index (χ4v) is 1.32. The van der Waals surface area contributed by atoms with Crippen LogP contribution >= 0.6 is 0 Å². The van der Waals surface area contributed by atoms with E-state index in [2.05, 4.69) is 4.74 Å². The Labute approximate surface area is 117 Å². The fraction of sp³-hybridized carbons (Fsp3) is 0.462. The van der Waals surface area contributed by atoms with E-state index in [0.717, 1.165) is 0 Å². The minimum atomic E-state index is -0.559. The molecule has 7 heteroatoms. The highest BCUT2D eigenvalue weighted by molar-refractivity contribution is 5.92. The van der Waals surface area contributed by atoms with E-state index in [9.17, 15) is 4.79 Å². The van der Waals surface area contributed by atoms with Crippen LogP contribution in [0, 0.1) is 0 Å². The second-order valence-electron chi connectivity index (χ2n) is 3.60. The number of methoxy groups -OCH3 is 3. The van der Waals surface area contributed by atoms with Crippen LogP contribution in [0.3, 0.4) is 0 Å². The van der Waals surface area contributed by atoms with Crippen molar-refractivity contribution in [2.45, 2.75) is 0 Å². The number of hydrogen-bond donors (Lipinski definition) is 0. The fourth-order valence-electron chi connectivity index (χ4n) is 1.32. The van der Waals surface area contributed by atoms with E-state index >= 15 is 0 Å². The summed E-state index contributed by atoms with van der Waals surface area (Å²) in [4.78, 5) is 11.8. The summed E-state index contributed by atoms with van der Waals surface area (Å²) >= 11 is 0. The largest absolute Gasteiger partial charge is 0.467 e. The topological polar surface area (TPSA) is 72.5 Å². The zero-order chi connectivity index (χ0) is 14.8. The van der Waals surface area contributed by atoms with Crippen molar-refractivity contribution in [2.75, 3.05) is 41.7 Å². The number of benzene rings is 1. The maximum absolute atomic E-state index is 11.8. The molecule has 0 atom stereocenters. The third-order valence-electron chi connectivity index (χ3n) is 2.16. The lowest BCUT2D eigenvalue weighted by atomic mass is 10.2. The van der Waals surface area contributed by atoms with Gasteiger partial charge < -0.3 is 28.4 Å². The molecule has 0 amide bonds. The van der Waals surface area contributed by atoms with Gasteiger partial charge in [-0.25, -0.2) is 4.79 Å². The summed E-state index contributed by atoms with van der Waals surface area (Å²) in [7, 11) is 4.42. The standard InChI is InChI=1S/C13H18O7/c1-15-7-18-10-4-5-11(13(14)20-9-17-3)12(6-10)19-8-16-2/h4-6H,7-9H2,1-3H3. The van der Waals surface area contributed by atoms with Gasteiger partial charge in [-0.1, -0.05) is 0 Å². The molecule has 0 aliphatic carbocycles. The van der Waals surface area contributed by atoms with Crippen molar-refractivity contribution in [3.63, 3.8) is 0 Å². The van der Waals surface area contributed by atoms with E-state index in [0.29, 0.717) is 11.5 Å². The van der Waals surface area contributed by atoms with Gasteiger partial charge >= 0.3 is 5.97 Å². The predicted octanol–water partition coefficient (Wildman–Crippen LogP) is 1.41. The molecular formula is C13H18O7. The summed E-state index contributed by atoms with van der Waals surface area (Å²) < 4.78 is 29.8. The van der Waals surface area contributed by atoms with Crippen LogP contribution in [-0.4, -0.2) is 47.7 Å². The second kappa shape index (κ2) is 9.13. The molecule has 0 fully saturated rings. The third-order valence-corrected chi connectivity index (χ3v) is 2.16. The summed E-state index contributed by atoms with van der Waals surface area (Å²) in [5, 5.41) is 0. The Morgan fingerprint density at radius 2 is 1.60 bits per heavy atom. The molecule has 0 unspecified atom stereocenters. The maximum Gasteiger partial charge on any atom is 0.344 e. The minimum absolute atomic E-state index is 0.00170. The van der Waals surface area contributed by atoms with Crippen molar-refractivity contribution in [1.29, 1.82) is 0 Å². The highest BCUT2D eigenvalue weighted by Gasteiger charge is 2.15. The van der Waals surface area contributed by atoms with Crippen LogP contribution < -0.4 is 9.47 Å². The number of ether oxygens (including phenoxy) is 6. The zero-order valence-electron chi connectivity index (χ0n) is 11.7. The van der Waals surface area contributed by atoms with Gasteiger partial charge in [0.15, 0.2) is 20.4 Å². The van der Waals surface area contributed by atoms with Gasteiger partial charge in [0.2, 0.25) is 0 Å². The lowest BCUT2D eigenvalue weighted by molar-refractivity contribution is -0.0132. The SMILES string of the molecule is COCOC(=O)c1ccc(OCOC)cc1OCOC. The second-order valence-corrected chi connectivity index (χ2v) is 3.60. The van der Waals surface area contributed by atoms with Crippen LogP contribution in [0.1, 0.15) is 10.4 Å². The Balaban J connectivity index is 2.87. The summed E-state index contributed by atoms with van der Waals surface area (Å²) in [6.07, 6.45) is 0. The van der Waals surface area contributed by atoms with Crippen LogP contribution in [-0.2, 0) is 18.9 Å². The van der Waals surface area contributed by atoms with E-state index in [1.54, 1.807) is 12.1 Å². The Bertz CT molecular complexity index is 419. The first-order chi connectivity index (χ1) is 9.72. The molecule has 0 aromatic heterocycles. The molecule has 1 aromatic rings. The average molecular weight is 286 g/mol. The smallest absolute Gasteiger partial charge is 0.344 e. The van der Waals surface area contributed by atoms with Gasteiger partial charge in [-0.15, -0.1) is 0 Å². The molecule has 0 radical (unpaired) electrons. The monoisotopic (exact) mass is 286 g/mol. The van der Waals surface area contributed by atoms with E-state index in [1.807, 2.05) is 0 Å². The zero-order valence-corrected chi connectivity index (χ0v) is 11.7. The van der Waals surface area contributed by atoms with E-state index < -0.39 is 5.97 Å². The number of hydrogen-bond acceptors (Lipinski definition) is 7. The molecule has 0 N–H and O–H groups in total. The van der Waals surface area contributed by atoms with Crippen molar-refractivity contribution in [2.24, 2.45) is 0 Å². The number of carbonyl (C=O) groups is 1. The maximum atomic E-state index is 11.8. The summed E-state index contributed by atoms with van der Waals surface area (Å²) in [6, 6.07) is 4.71. The highest BCUT2D eigenvalue weighted by atomic mass is 16.7. The Morgan fingerprint density at radius 1 is 0.950 bits per heavy atom. The predicted molar refractivity (Wildman–Crippen MR) is 68.7 cm³/mol. The molecule has 0 saturated heterocycles. The molecule has 20 heavy (non-hydrogen) atoms. The summed E-state index contributed by atoms with van der Waals surface area (Å²) in [5.74, 6) is 0.235. The summed E-state index contributed by atoms with van der Waals surface area (Å²) in [5.41, 5.74) is 0.254. The molecule has 0 saturated carbocycles. The molecule has 112 valence electrons. The van der Waals surface area contributed by atoms with Crippen molar-refractivity contribution < 1.29 is 33.2 Å². The first-order valence-electron chi connectivity index (χ1n) is 5.76. The molecule has 0 aliphatic heterocycles. The van der Waals surface area contributed by atoms with Gasteiger partial charge in [0.25, 0.3) is 0 Å². The van der Waals surface area contributed by atoms with Crippen molar-refractivity contribution in [3.05, 3.63) is 23.8 Å². The molecule has 1 aromatic carbocycles. The Kier molecular flexibility index (Phi) is 7.41. The minimum Gasteiger partial charge on any atom is -0.467 e. The Morgan fingerprint density at radius 3 is 2.25 bits per heavy atom. The molecule has 0 spiro atoms. The van der Waals surface area contributed by atoms with E-state index in [4.69, 9.17) is 23.7 Å². The highest BCUT2D eigenvalue weighted by Crippen LogP contribution is 2.26. The number of esters is 1. The quantitative estimate of drug-likeness (QED) is 0.502. The summed E-state index contributed by atoms with van der Waals surface area (Å²) in [6.45, 7) is -0.0417. The van der Waals surface area contributed by atoms with Crippen molar-refractivity contribution in [1.82, 2.24) is 0 Å². The van der Waals surface area contributed by atoms with Gasteiger partial charge in [0.05, 0.1) is 0 Å². The first-order valence-corrected chi connectivity index (χ1v) is 5.76. The lowest BCUT2D eigenvalue weighted by Crippen LogP contribution is -2.11. The van der Waals surface area contributed by atoms with Crippen LogP contribution in [0.25, 0.3) is 0 Å². The van der Waals surface area contributed by atoms with Gasteiger partial charge in [0.1, 0.15) is 17.1 Å². The van der Waals surface area contributed by atoms with Gasteiger partial charge in [-0.3, -0.25) is 0 Å². The van der Waals surface area contributed by atoms with Crippen LogP contribution in [0.4, 0.5) is 0 Å².